The van der Waals surface area contributed by atoms with Gasteiger partial charge in [-0.05, 0) is 51.1 Å². The summed E-state index contributed by atoms with van der Waals surface area (Å²) in [5.41, 5.74) is 1.30. The number of nitrogens with zero attached hydrogens (tertiary/aromatic N) is 1. The van der Waals surface area contributed by atoms with E-state index in [4.69, 9.17) is 23.2 Å². The molecule has 0 bridgehead atoms. The second-order valence-electron chi connectivity index (χ2n) is 4.10. The summed E-state index contributed by atoms with van der Waals surface area (Å²) in [6.07, 6.45) is 2.23. The molecule has 90 valence electrons. The van der Waals surface area contributed by atoms with Crippen molar-refractivity contribution in [2.75, 3.05) is 19.5 Å². The molecule has 1 aromatic carbocycles. The molecule has 16 heavy (non-hydrogen) atoms. The fourth-order valence-electron chi connectivity index (χ4n) is 1.65. The first-order chi connectivity index (χ1) is 7.65. The summed E-state index contributed by atoms with van der Waals surface area (Å²) in [6, 6.07) is 8.49. The SMILES string of the molecule is CC(c1ccc(Cl)cc1)N(C)CCCCCl. The molecule has 0 N–H and O–H groups in total. The molecule has 0 aliphatic carbocycles. The molecule has 0 saturated heterocycles. The lowest BCUT2D eigenvalue weighted by Crippen LogP contribution is -2.23. The van der Waals surface area contributed by atoms with E-state index in [9.17, 15) is 0 Å². The van der Waals surface area contributed by atoms with Gasteiger partial charge in [0.15, 0.2) is 0 Å². The van der Waals surface area contributed by atoms with Crippen molar-refractivity contribution in [1.29, 1.82) is 0 Å². The van der Waals surface area contributed by atoms with Crippen LogP contribution in [-0.4, -0.2) is 24.4 Å². The van der Waals surface area contributed by atoms with E-state index in [1.54, 1.807) is 0 Å². The maximum absolute atomic E-state index is 5.87. The third kappa shape index (κ3) is 4.32. The minimum atomic E-state index is 0.424. The first-order valence-corrected chi connectivity index (χ1v) is 6.58. The highest BCUT2D eigenvalue weighted by Crippen LogP contribution is 2.20. The maximum Gasteiger partial charge on any atom is 0.0406 e. The summed E-state index contributed by atoms with van der Waals surface area (Å²) in [5, 5.41) is 0.792. The van der Waals surface area contributed by atoms with Gasteiger partial charge in [0.25, 0.3) is 0 Å². The van der Waals surface area contributed by atoms with Crippen LogP contribution in [0.2, 0.25) is 5.02 Å². The first-order valence-electron chi connectivity index (χ1n) is 5.67. The van der Waals surface area contributed by atoms with Gasteiger partial charge in [0.1, 0.15) is 0 Å². The quantitative estimate of drug-likeness (QED) is 0.543. The van der Waals surface area contributed by atoms with E-state index in [0.717, 1.165) is 30.3 Å². The predicted octanol–water partition coefficient (Wildman–Crippen LogP) is 4.35. The summed E-state index contributed by atoms with van der Waals surface area (Å²) in [5.74, 6) is 0.753. The Morgan fingerprint density at radius 1 is 1.19 bits per heavy atom. The number of halogens is 2. The Bertz CT molecular complexity index is 297. The Labute approximate surface area is 108 Å². The van der Waals surface area contributed by atoms with Crippen LogP contribution in [0.4, 0.5) is 0 Å². The van der Waals surface area contributed by atoms with E-state index in [1.807, 2.05) is 12.1 Å². The minimum absolute atomic E-state index is 0.424. The van der Waals surface area contributed by atoms with Crippen molar-refractivity contribution >= 4 is 23.2 Å². The average Bonchev–Trinajstić information content (AvgIpc) is 2.29. The Morgan fingerprint density at radius 3 is 2.38 bits per heavy atom. The Balaban J connectivity index is 2.49. The van der Waals surface area contributed by atoms with Gasteiger partial charge in [-0.15, -0.1) is 11.6 Å². The lowest BCUT2D eigenvalue weighted by Gasteiger charge is -2.25. The molecule has 0 heterocycles. The Morgan fingerprint density at radius 2 is 1.81 bits per heavy atom. The second kappa shape index (κ2) is 7.16. The average molecular weight is 260 g/mol. The van der Waals surface area contributed by atoms with Crippen LogP contribution in [0, 0.1) is 0 Å². The summed E-state index contributed by atoms with van der Waals surface area (Å²) < 4.78 is 0. The second-order valence-corrected chi connectivity index (χ2v) is 4.92. The third-order valence-corrected chi connectivity index (χ3v) is 3.43. The van der Waals surface area contributed by atoms with Gasteiger partial charge < -0.3 is 0 Å². The molecule has 0 spiro atoms. The van der Waals surface area contributed by atoms with E-state index in [1.165, 1.54) is 5.56 Å². The van der Waals surface area contributed by atoms with Gasteiger partial charge in [-0.1, -0.05) is 23.7 Å². The van der Waals surface area contributed by atoms with Crippen LogP contribution in [0.3, 0.4) is 0 Å². The van der Waals surface area contributed by atoms with Crippen LogP contribution in [0.5, 0.6) is 0 Å². The van der Waals surface area contributed by atoms with Crippen molar-refractivity contribution in [3.63, 3.8) is 0 Å². The smallest absolute Gasteiger partial charge is 0.0406 e. The molecular formula is C13H19Cl2N. The number of unbranched alkanes of at least 4 members (excludes halogenated alkanes) is 1. The molecule has 0 saturated carbocycles. The summed E-state index contributed by atoms with van der Waals surface area (Å²) in [4.78, 5) is 2.34. The zero-order valence-electron chi connectivity index (χ0n) is 9.92. The normalized spacial score (nSPS) is 13.1. The van der Waals surface area contributed by atoms with Gasteiger partial charge in [-0.2, -0.15) is 0 Å². The molecule has 0 aromatic heterocycles. The van der Waals surface area contributed by atoms with Gasteiger partial charge in [0.05, 0.1) is 0 Å². The van der Waals surface area contributed by atoms with E-state index >= 15 is 0 Å². The maximum atomic E-state index is 5.87. The summed E-state index contributed by atoms with van der Waals surface area (Å²) in [7, 11) is 2.15. The number of hydrogen-bond donors (Lipinski definition) is 0. The van der Waals surface area contributed by atoms with Gasteiger partial charge in [-0.25, -0.2) is 0 Å². The van der Waals surface area contributed by atoms with E-state index in [0.29, 0.717) is 6.04 Å². The molecule has 0 fully saturated rings. The molecular weight excluding hydrogens is 241 g/mol. The molecule has 3 heteroatoms. The molecule has 1 rings (SSSR count). The predicted molar refractivity (Wildman–Crippen MR) is 72.5 cm³/mol. The molecule has 0 aliphatic heterocycles. The van der Waals surface area contributed by atoms with Gasteiger partial charge in [0.2, 0.25) is 0 Å². The molecule has 1 unspecified atom stereocenters. The number of rotatable bonds is 6. The summed E-state index contributed by atoms with van der Waals surface area (Å²) >= 11 is 11.5. The lowest BCUT2D eigenvalue weighted by atomic mass is 10.1. The van der Waals surface area contributed by atoms with Crippen LogP contribution in [0.1, 0.15) is 31.4 Å². The van der Waals surface area contributed by atoms with Crippen LogP contribution >= 0.6 is 23.2 Å². The fraction of sp³-hybridized carbons (Fsp3) is 0.538. The topological polar surface area (TPSA) is 3.24 Å². The zero-order chi connectivity index (χ0) is 12.0. The van der Waals surface area contributed by atoms with Crippen molar-refractivity contribution in [2.24, 2.45) is 0 Å². The van der Waals surface area contributed by atoms with Crippen LogP contribution < -0.4 is 0 Å². The zero-order valence-corrected chi connectivity index (χ0v) is 11.4. The van der Waals surface area contributed by atoms with Crippen molar-refractivity contribution in [3.05, 3.63) is 34.9 Å². The van der Waals surface area contributed by atoms with E-state index in [2.05, 4.69) is 31.0 Å². The molecule has 1 nitrogen and oxygen atoms in total. The number of alkyl halides is 1. The lowest BCUT2D eigenvalue weighted by molar-refractivity contribution is 0.258. The highest BCUT2D eigenvalue weighted by atomic mass is 35.5. The molecule has 1 atom stereocenters. The fourth-order valence-corrected chi connectivity index (χ4v) is 1.96. The monoisotopic (exact) mass is 259 g/mol. The Kier molecular flexibility index (Phi) is 6.18. The first kappa shape index (κ1) is 13.8. The standard InChI is InChI=1S/C13H19Cl2N/c1-11(16(2)10-4-3-9-14)12-5-7-13(15)8-6-12/h5-8,11H,3-4,9-10H2,1-2H3. The third-order valence-electron chi connectivity index (χ3n) is 2.91. The van der Waals surface area contributed by atoms with Crippen LogP contribution in [0.15, 0.2) is 24.3 Å². The van der Waals surface area contributed by atoms with Crippen LogP contribution in [-0.2, 0) is 0 Å². The van der Waals surface area contributed by atoms with Gasteiger partial charge in [0, 0.05) is 16.9 Å². The van der Waals surface area contributed by atoms with Crippen LogP contribution in [0.25, 0.3) is 0 Å². The van der Waals surface area contributed by atoms with Crippen molar-refractivity contribution in [3.8, 4) is 0 Å². The van der Waals surface area contributed by atoms with E-state index < -0.39 is 0 Å². The minimum Gasteiger partial charge on any atom is -0.300 e. The highest BCUT2D eigenvalue weighted by molar-refractivity contribution is 6.30. The highest BCUT2D eigenvalue weighted by Gasteiger charge is 2.10. The van der Waals surface area contributed by atoms with Crippen molar-refractivity contribution in [1.82, 2.24) is 4.90 Å². The number of hydrogen-bond acceptors (Lipinski definition) is 1. The molecule has 0 amide bonds. The summed E-state index contributed by atoms with van der Waals surface area (Å²) in [6.45, 7) is 3.29. The van der Waals surface area contributed by atoms with Gasteiger partial charge >= 0.3 is 0 Å². The molecule has 1 aromatic rings. The number of benzene rings is 1. The van der Waals surface area contributed by atoms with Gasteiger partial charge in [-0.3, -0.25) is 4.90 Å². The van der Waals surface area contributed by atoms with Crippen molar-refractivity contribution < 1.29 is 0 Å². The molecule has 0 aliphatic rings. The Hall–Kier alpha value is -0.240. The van der Waals surface area contributed by atoms with E-state index in [-0.39, 0.29) is 0 Å². The molecule has 0 radical (unpaired) electrons. The largest absolute Gasteiger partial charge is 0.300 e. The van der Waals surface area contributed by atoms with Crippen molar-refractivity contribution in [2.45, 2.75) is 25.8 Å².